The monoisotopic (exact) mass is 389 g/mol. The summed E-state index contributed by atoms with van der Waals surface area (Å²) in [5, 5.41) is 15.2. The molecule has 2 aromatic heterocycles. The van der Waals surface area contributed by atoms with E-state index in [0.717, 1.165) is 14.6 Å². The highest BCUT2D eigenvalue weighted by Gasteiger charge is 2.17. The highest BCUT2D eigenvalue weighted by molar-refractivity contribution is 7.12. The molecule has 0 fully saturated rings. The van der Waals surface area contributed by atoms with E-state index in [4.69, 9.17) is 9.47 Å². The summed E-state index contributed by atoms with van der Waals surface area (Å²) in [7, 11) is 3.04. The number of aliphatic hydroxyl groups is 1. The fourth-order valence-electron chi connectivity index (χ4n) is 2.55. The zero-order valence-electron chi connectivity index (χ0n) is 14.4. The highest BCUT2D eigenvalue weighted by atomic mass is 32.1. The quantitative estimate of drug-likeness (QED) is 0.644. The molecule has 0 aliphatic carbocycles. The van der Waals surface area contributed by atoms with Crippen molar-refractivity contribution in [2.45, 2.75) is 12.6 Å². The van der Waals surface area contributed by atoms with Gasteiger partial charge in [-0.15, -0.1) is 22.7 Å². The number of para-hydroxylation sites is 1. The third kappa shape index (κ3) is 3.90. The van der Waals surface area contributed by atoms with Gasteiger partial charge >= 0.3 is 0 Å². The van der Waals surface area contributed by atoms with Crippen molar-refractivity contribution in [2.24, 2.45) is 0 Å². The van der Waals surface area contributed by atoms with Crippen LogP contribution in [0.1, 0.15) is 31.1 Å². The number of carbonyl (C=O) groups excluding carboxylic acids is 1. The lowest BCUT2D eigenvalue weighted by molar-refractivity contribution is 0.0947. The van der Waals surface area contributed by atoms with Gasteiger partial charge in [0.05, 0.1) is 26.3 Å². The van der Waals surface area contributed by atoms with Gasteiger partial charge in [-0.1, -0.05) is 12.1 Å². The van der Waals surface area contributed by atoms with Crippen LogP contribution in [0.5, 0.6) is 11.5 Å². The topological polar surface area (TPSA) is 67.8 Å². The SMILES string of the molecule is COc1cccc(C(=O)NCc2ccc([C@H](O)c3cccs3)s2)c1OC. The maximum atomic E-state index is 12.5. The molecule has 7 heteroatoms. The van der Waals surface area contributed by atoms with E-state index in [9.17, 15) is 9.90 Å². The summed E-state index contributed by atoms with van der Waals surface area (Å²) >= 11 is 3.00. The van der Waals surface area contributed by atoms with E-state index in [1.165, 1.54) is 36.9 Å². The Hall–Kier alpha value is -2.35. The number of hydrogen-bond donors (Lipinski definition) is 2. The molecular formula is C19H19NO4S2. The molecule has 0 bridgehead atoms. The molecule has 2 N–H and O–H groups in total. The largest absolute Gasteiger partial charge is 0.493 e. The number of methoxy groups -OCH3 is 2. The van der Waals surface area contributed by atoms with E-state index in [-0.39, 0.29) is 5.91 Å². The van der Waals surface area contributed by atoms with E-state index in [0.29, 0.717) is 23.6 Å². The fourth-order valence-corrected chi connectivity index (χ4v) is 4.31. The fraction of sp³-hybridized carbons (Fsp3) is 0.211. The van der Waals surface area contributed by atoms with Gasteiger partial charge in [0.2, 0.25) is 0 Å². The summed E-state index contributed by atoms with van der Waals surface area (Å²) in [6.07, 6.45) is -0.622. The molecule has 3 rings (SSSR count). The molecule has 1 amide bonds. The number of thiophene rings is 2. The average Bonchev–Trinajstić information content (AvgIpc) is 3.36. The lowest BCUT2D eigenvalue weighted by Crippen LogP contribution is -2.23. The number of nitrogens with one attached hydrogen (secondary N) is 1. The van der Waals surface area contributed by atoms with Crippen LogP contribution in [-0.2, 0) is 6.54 Å². The van der Waals surface area contributed by atoms with E-state index in [2.05, 4.69) is 5.32 Å². The number of carbonyl (C=O) groups is 1. The molecule has 0 saturated carbocycles. The Kier molecular flexibility index (Phi) is 5.92. The maximum Gasteiger partial charge on any atom is 0.255 e. The van der Waals surface area contributed by atoms with Gasteiger partial charge in [-0.2, -0.15) is 0 Å². The van der Waals surface area contributed by atoms with Crippen molar-refractivity contribution in [3.63, 3.8) is 0 Å². The molecule has 26 heavy (non-hydrogen) atoms. The second kappa shape index (κ2) is 8.35. The van der Waals surface area contributed by atoms with Gasteiger partial charge < -0.3 is 19.9 Å². The molecule has 2 heterocycles. The molecule has 1 atom stereocenters. The summed E-state index contributed by atoms with van der Waals surface area (Å²) in [5.74, 6) is 0.680. The first-order valence-electron chi connectivity index (χ1n) is 7.93. The van der Waals surface area contributed by atoms with Crippen LogP contribution >= 0.6 is 22.7 Å². The van der Waals surface area contributed by atoms with Gasteiger partial charge in [-0.25, -0.2) is 0 Å². The molecule has 0 saturated heterocycles. The van der Waals surface area contributed by atoms with Crippen LogP contribution in [0.2, 0.25) is 0 Å². The zero-order valence-corrected chi connectivity index (χ0v) is 16.0. The number of benzene rings is 1. The minimum atomic E-state index is -0.622. The highest BCUT2D eigenvalue weighted by Crippen LogP contribution is 2.32. The van der Waals surface area contributed by atoms with Crippen molar-refractivity contribution in [2.75, 3.05) is 14.2 Å². The molecule has 136 valence electrons. The van der Waals surface area contributed by atoms with Crippen molar-refractivity contribution in [1.82, 2.24) is 5.32 Å². The molecule has 0 aliphatic rings. The Balaban J connectivity index is 1.67. The van der Waals surface area contributed by atoms with Gasteiger partial charge in [0.25, 0.3) is 5.91 Å². The number of amides is 1. The second-order valence-corrected chi connectivity index (χ2v) is 7.62. The number of aliphatic hydroxyl groups excluding tert-OH is 1. The van der Waals surface area contributed by atoms with Crippen LogP contribution in [0, 0.1) is 0 Å². The molecule has 0 unspecified atom stereocenters. The number of ether oxygens (including phenoxy) is 2. The maximum absolute atomic E-state index is 12.5. The summed E-state index contributed by atoms with van der Waals surface area (Å²) in [6, 6.07) is 12.8. The van der Waals surface area contributed by atoms with E-state index in [1.54, 1.807) is 18.2 Å². The summed E-state index contributed by atoms with van der Waals surface area (Å²) < 4.78 is 10.5. The van der Waals surface area contributed by atoms with Crippen LogP contribution in [-0.4, -0.2) is 25.2 Å². The van der Waals surface area contributed by atoms with Gasteiger partial charge in [0.15, 0.2) is 11.5 Å². The number of hydrogen-bond acceptors (Lipinski definition) is 6. The number of rotatable bonds is 7. The Morgan fingerprint density at radius 1 is 1.12 bits per heavy atom. The predicted octanol–water partition coefficient (Wildman–Crippen LogP) is 3.84. The Bertz CT molecular complexity index is 874. The first-order valence-corrected chi connectivity index (χ1v) is 9.63. The molecule has 0 spiro atoms. The van der Waals surface area contributed by atoms with Gasteiger partial charge in [0.1, 0.15) is 6.10 Å². The smallest absolute Gasteiger partial charge is 0.255 e. The molecule has 1 aromatic carbocycles. The average molecular weight is 389 g/mol. The first-order chi connectivity index (χ1) is 12.6. The normalized spacial score (nSPS) is 11.8. The molecular weight excluding hydrogens is 370 g/mol. The second-order valence-electron chi connectivity index (χ2n) is 5.45. The lowest BCUT2D eigenvalue weighted by atomic mass is 10.1. The van der Waals surface area contributed by atoms with Crippen molar-refractivity contribution in [3.05, 3.63) is 68.0 Å². The van der Waals surface area contributed by atoms with Crippen molar-refractivity contribution < 1.29 is 19.4 Å². The standard InChI is InChI=1S/C19H19NO4S2/c1-23-14-6-3-5-13(18(14)24-2)19(22)20-11-12-8-9-16(26-12)17(21)15-7-4-10-25-15/h3-10,17,21H,11H2,1-2H3,(H,20,22)/t17-/m1/s1. The Labute approximate surface area is 159 Å². The summed E-state index contributed by atoms with van der Waals surface area (Å²) in [4.78, 5) is 15.2. The van der Waals surface area contributed by atoms with Gasteiger partial charge in [-0.3, -0.25) is 4.79 Å². The summed E-state index contributed by atoms with van der Waals surface area (Å²) in [5.41, 5.74) is 0.419. The lowest BCUT2D eigenvalue weighted by Gasteiger charge is -2.12. The molecule has 3 aromatic rings. The van der Waals surface area contributed by atoms with Gasteiger partial charge in [-0.05, 0) is 35.7 Å². The Morgan fingerprint density at radius 3 is 2.65 bits per heavy atom. The molecule has 0 radical (unpaired) electrons. The predicted molar refractivity (Wildman–Crippen MR) is 103 cm³/mol. The third-order valence-electron chi connectivity index (χ3n) is 3.84. The first kappa shape index (κ1) is 18.4. The minimum absolute atomic E-state index is 0.241. The molecule has 5 nitrogen and oxygen atoms in total. The van der Waals surface area contributed by atoms with E-state index in [1.807, 2.05) is 29.6 Å². The van der Waals surface area contributed by atoms with Crippen LogP contribution in [0.25, 0.3) is 0 Å². The van der Waals surface area contributed by atoms with Crippen molar-refractivity contribution in [1.29, 1.82) is 0 Å². The van der Waals surface area contributed by atoms with Crippen LogP contribution in [0.4, 0.5) is 0 Å². The van der Waals surface area contributed by atoms with E-state index < -0.39 is 6.10 Å². The zero-order chi connectivity index (χ0) is 18.5. The van der Waals surface area contributed by atoms with Crippen LogP contribution in [0.15, 0.2) is 47.8 Å². The van der Waals surface area contributed by atoms with E-state index >= 15 is 0 Å². The van der Waals surface area contributed by atoms with Crippen molar-refractivity contribution in [3.8, 4) is 11.5 Å². The summed E-state index contributed by atoms with van der Waals surface area (Å²) in [6.45, 7) is 0.376. The molecule has 0 aliphatic heterocycles. The third-order valence-corrected chi connectivity index (χ3v) is 5.90. The minimum Gasteiger partial charge on any atom is -0.493 e. The van der Waals surface area contributed by atoms with Gasteiger partial charge in [0, 0.05) is 14.6 Å². The van der Waals surface area contributed by atoms with Crippen LogP contribution in [0.3, 0.4) is 0 Å². The Morgan fingerprint density at radius 2 is 1.96 bits per heavy atom. The van der Waals surface area contributed by atoms with Crippen molar-refractivity contribution >= 4 is 28.6 Å². The van der Waals surface area contributed by atoms with Crippen LogP contribution < -0.4 is 14.8 Å².